The Balaban J connectivity index is 2.43. The molecule has 1 unspecified atom stereocenters. The van der Waals surface area contributed by atoms with Crippen LogP contribution in [-0.4, -0.2) is 77.5 Å². The van der Waals surface area contributed by atoms with Crippen molar-refractivity contribution in [1.29, 1.82) is 0 Å². The second-order valence-corrected chi connectivity index (χ2v) is 16.1. The molecule has 0 heterocycles. The van der Waals surface area contributed by atoms with E-state index in [9.17, 15) is 34.1 Å². The van der Waals surface area contributed by atoms with Crippen molar-refractivity contribution in [3.63, 3.8) is 0 Å². The average Bonchev–Trinajstić information content (AvgIpc) is 3.47. The summed E-state index contributed by atoms with van der Waals surface area (Å²) in [6.07, 6.45) is 35.8. The summed E-state index contributed by atoms with van der Waals surface area (Å²) < 4.78 is 32.7. The van der Waals surface area contributed by atoms with Crippen LogP contribution in [0.2, 0.25) is 0 Å². The van der Waals surface area contributed by atoms with Crippen LogP contribution in [0.1, 0.15) is 136 Å². The van der Waals surface area contributed by atoms with Gasteiger partial charge in [-0.15, -0.1) is 0 Å². The molecule has 0 saturated heterocycles. The van der Waals surface area contributed by atoms with Gasteiger partial charge in [0.05, 0.1) is 25.4 Å². The lowest BCUT2D eigenvalue weighted by Gasteiger charge is -2.19. The van der Waals surface area contributed by atoms with Crippen molar-refractivity contribution in [1.82, 2.24) is 0 Å². The number of allylic oxidation sites excluding steroid dienone is 11. The highest BCUT2D eigenvalue weighted by Crippen LogP contribution is 2.43. The molecular weight excluding hydrogens is 761 g/mol. The number of unbranched alkanes of at least 4 members (excludes halogenated alkanes) is 7. The normalized spacial score (nSPS) is 19.8. The van der Waals surface area contributed by atoms with E-state index >= 15 is 0 Å². The zero-order valence-corrected chi connectivity index (χ0v) is 36.1. The van der Waals surface area contributed by atoms with Crippen molar-refractivity contribution < 1.29 is 52.6 Å². The molecule has 1 aliphatic rings. The zero-order chi connectivity index (χ0) is 42.7. The minimum atomic E-state index is -4.45. The number of phosphoric acid groups is 1. The summed E-state index contributed by atoms with van der Waals surface area (Å²) in [5, 5.41) is 20.7. The molecule has 0 aliphatic heterocycles. The molecule has 0 radical (unpaired) electrons. The van der Waals surface area contributed by atoms with Crippen LogP contribution < -0.4 is 5.73 Å². The topological polar surface area (TPSA) is 192 Å². The quantitative estimate of drug-likeness (QED) is 0.0206. The molecule has 6 atom stereocenters. The Labute approximate surface area is 348 Å². The lowest BCUT2D eigenvalue weighted by atomic mass is 9.90. The lowest BCUT2D eigenvalue weighted by Crippen LogP contribution is -2.29. The van der Waals surface area contributed by atoms with Crippen molar-refractivity contribution >= 4 is 25.5 Å². The Kier molecular flexibility index (Phi) is 31.9. The third-order valence-corrected chi connectivity index (χ3v) is 10.4. The van der Waals surface area contributed by atoms with Crippen molar-refractivity contribution in [3.8, 4) is 0 Å². The number of ketones is 1. The number of aliphatic hydroxyl groups excluding tert-OH is 2. The molecule has 0 aromatic carbocycles. The second-order valence-electron chi connectivity index (χ2n) is 14.6. The monoisotopic (exact) mass is 835 g/mol. The zero-order valence-electron chi connectivity index (χ0n) is 35.2. The van der Waals surface area contributed by atoms with E-state index in [1.54, 1.807) is 12.2 Å². The SMILES string of the molecule is CC/C=C\C/C=C\C/C=C\C/C=C\CCCCCCC(=O)O[C@H](COC(=O)CCC/C=C\C[C@H]1[C@@H](O)CC(=O)[C@@H]1/C=C/[C@@H](O)CCCCC)COP(=O)(O)OCCN. The second kappa shape index (κ2) is 34.9. The van der Waals surface area contributed by atoms with E-state index in [0.717, 1.165) is 70.6 Å². The molecule has 12 nitrogen and oxygen atoms in total. The van der Waals surface area contributed by atoms with Crippen molar-refractivity contribution in [2.45, 2.75) is 154 Å². The van der Waals surface area contributed by atoms with E-state index in [1.165, 1.54) is 0 Å². The van der Waals surface area contributed by atoms with Crippen LogP contribution >= 0.6 is 7.82 Å². The van der Waals surface area contributed by atoms with Crippen molar-refractivity contribution in [3.05, 3.63) is 72.9 Å². The Morgan fingerprint density at radius 1 is 0.810 bits per heavy atom. The van der Waals surface area contributed by atoms with Gasteiger partial charge in [-0.25, -0.2) is 4.57 Å². The molecule has 1 saturated carbocycles. The van der Waals surface area contributed by atoms with Gasteiger partial charge in [0, 0.05) is 37.6 Å². The van der Waals surface area contributed by atoms with Gasteiger partial charge in [0.15, 0.2) is 6.10 Å². The molecule has 0 aromatic heterocycles. The van der Waals surface area contributed by atoms with Crippen LogP contribution in [0.25, 0.3) is 0 Å². The Hall–Kier alpha value is -2.96. The summed E-state index contributed by atoms with van der Waals surface area (Å²) in [5.74, 6) is -1.81. The van der Waals surface area contributed by atoms with Crippen LogP contribution in [0.15, 0.2) is 72.9 Å². The largest absolute Gasteiger partial charge is 0.472 e. The van der Waals surface area contributed by atoms with Gasteiger partial charge in [0.1, 0.15) is 12.4 Å². The van der Waals surface area contributed by atoms with Gasteiger partial charge < -0.3 is 30.3 Å². The Morgan fingerprint density at radius 2 is 1.45 bits per heavy atom. The van der Waals surface area contributed by atoms with Gasteiger partial charge >= 0.3 is 19.8 Å². The summed E-state index contributed by atoms with van der Waals surface area (Å²) in [6.45, 7) is 3.15. The fourth-order valence-corrected chi connectivity index (χ4v) is 6.96. The number of rotatable bonds is 35. The molecule has 58 heavy (non-hydrogen) atoms. The molecule has 0 bridgehead atoms. The maximum absolute atomic E-state index is 12.6. The number of ether oxygens (including phenoxy) is 2. The van der Waals surface area contributed by atoms with Gasteiger partial charge in [-0.1, -0.05) is 119 Å². The van der Waals surface area contributed by atoms with Crippen LogP contribution in [0.5, 0.6) is 0 Å². The standard InChI is InChI=1S/C45H74NO11P/c1-3-5-7-8-9-10-11-12-13-14-15-16-17-18-19-20-26-30-45(51)57-39(37-56-58(52,53)55-34-33-46)36-54-44(50)29-25-22-21-24-28-40-41(43(49)35-42(40)48)32-31-38(47)27-23-6-4-2/h5,7,9-10,12-13,15-16,21,24,31-32,38-42,47-48H,3-4,6,8,11,14,17-20,22-23,25-30,33-37,46H2,1-2H3,(H,52,53)/b7-5-,10-9-,13-12-,16-15-,24-21-,32-31+/t38-,39+,40+,41+,42-/m0/s1. The highest BCUT2D eigenvalue weighted by molar-refractivity contribution is 7.47. The van der Waals surface area contributed by atoms with E-state index < -0.39 is 50.6 Å². The highest BCUT2D eigenvalue weighted by atomic mass is 31.2. The molecule has 0 amide bonds. The first-order valence-electron chi connectivity index (χ1n) is 21.5. The van der Waals surface area contributed by atoms with E-state index in [4.69, 9.17) is 24.3 Å². The van der Waals surface area contributed by atoms with Crippen LogP contribution in [0.4, 0.5) is 0 Å². The number of hydrogen-bond donors (Lipinski definition) is 4. The summed E-state index contributed by atoms with van der Waals surface area (Å²) >= 11 is 0. The van der Waals surface area contributed by atoms with Gasteiger partial charge in [-0.2, -0.15) is 0 Å². The summed E-state index contributed by atoms with van der Waals surface area (Å²) in [4.78, 5) is 47.5. The number of esters is 2. The number of carbonyl (C=O) groups is 3. The molecule has 330 valence electrons. The van der Waals surface area contributed by atoms with Crippen LogP contribution in [-0.2, 0) is 37.5 Å². The molecule has 1 aliphatic carbocycles. The summed E-state index contributed by atoms with van der Waals surface area (Å²) in [5.41, 5.74) is 5.34. The number of carbonyl (C=O) groups excluding carboxylic acids is 3. The molecule has 13 heteroatoms. The van der Waals surface area contributed by atoms with E-state index in [2.05, 4.69) is 62.5 Å². The molecular formula is C45H74NO11P. The van der Waals surface area contributed by atoms with E-state index in [-0.39, 0.29) is 50.7 Å². The maximum Gasteiger partial charge on any atom is 0.472 e. The number of hydrogen-bond acceptors (Lipinski definition) is 11. The molecule has 5 N–H and O–H groups in total. The summed E-state index contributed by atoms with van der Waals surface area (Å²) in [7, 11) is -4.45. The predicted octanol–water partition coefficient (Wildman–Crippen LogP) is 8.86. The summed E-state index contributed by atoms with van der Waals surface area (Å²) in [6, 6.07) is 0. The Bertz CT molecular complexity index is 1340. The van der Waals surface area contributed by atoms with Gasteiger partial charge in [0.25, 0.3) is 0 Å². The lowest BCUT2D eigenvalue weighted by molar-refractivity contribution is -0.161. The predicted molar refractivity (Wildman–Crippen MR) is 230 cm³/mol. The first-order chi connectivity index (χ1) is 28.0. The van der Waals surface area contributed by atoms with Gasteiger partial charge in [0.2, 0.25) is 0 Å². The molecule has 1 rings (SSSR count). The average molecular weight is 836 g/mol. The van der Waals surface area contributed by atoms with Gasteiger partial charge in [-0.05, 0) is 70.6 Å². The smallest absolute Gasteiger partial charge is 0.462 e. The number of Topliss-reactive ketones (excluding diaryl/α,β-unsaturated/α-hetero) is 1. The first kappa shape index (κ1) is 53.1. The molecule has 0 spiro atoms. The van der Waals surface area contributed by atoms with E-state index in [0.29, 0.717) is 32.1 Å². The molecule has 0 aromatic rings. The van der Waals surface area contributed by atoms with E-state index in [1.807, 2.05) is 12.2 Å². The van der Waals surface area contributed by atoms with Crippen molar-refractivity contribution in [2.24, 2.45) is 17.6 Å². The maximum atomic E-state index is 12.6. The number of aliphatic hydroxyl groups is 2. The van der Waals surface area contributed by atoms with Crippen LogP contribution in [0.3, 0.4) is 0 Å². The first-order valence-corrected chi connectivity index (χ1v) is 23.0. The van der Waals surface area contributed by atoms with Gasteiger partial charge in [-0.3, -0.25) is 23.4 Å². The third-order valence-electron chi connectivity index (χ3n) is 9.45. The third kappa shape index (κ3) is 28.5. The fraction of sp³-hybridized carbons (Fsp3) is 0.667. The number of nitrogens with two attached hydrogens (primary N) is 1. The fourth-order valence-electron chi connectivity index (χ4n) is 6.19. The minimum Gasteiger partial charge on any atom is -0.462 e. The Morgan fingerprint density at radius 3 is 2.14 bits per heavy atom. The highest BCUT2D eigenvalue weighted by Gasteiger charge is 2.39. The number of phosphoric ester groups is 1. The molecule has 1 fully saturated rings. The van der Waals surface area contributed by atoms with Crippen LogP contribution in [0, 0.1) is 11.8 Å². The minimum absolute atomic E-state index is 0.00685. The van der Waals surface area contributed by atoms with Crippen molar-refractivity contribution in [2.75, 3.05) is 26.4 Å².